The fourth-order valence-corrected chi connectivity index (χ4v) is 3.28. The molecule has 1 saturated heterocycles. The summed E-state index contributed by atoms with van der Waals surface area (Å²) in [6.07, 6.45) is 3.52. The van der Waals surface area contributed by atoms with Gasteiger partial charge in [0.1, 0.15) is 12.4 Å². The van der Waals surface area contributed by atoms with Crippen LogP contribution < -0.4 is 10.1 Å². The van der Waals surface area contributed by atoms with Gasteiger partial charge in [-0.05, 0) is 60.2 Å². The second kappa shape index (κ2) is 8.25. The van der Waals surface area contributed by atoms with Crippen molar-refractivity contribution in [3.05, 3.63) is 76.2 Å². The van der Waals surface area contributed by atoms with Gasteiger partial charge in [0.2, 0.25) is 0 Å². The van der Waals surface area contributed by atoms with Crippen molar-refractivity contribution in [2.24, 2.45) is 4.99 Å². The summed E-state index contributed by atoms with van der Waals surface area (Å²) in [4.78, 5) is 17.3. The second-order valence-corrected chi connectivity index (χ2v) is 6.97. The van der Waals surface area contributed by atoms with E-state index in [1.54, 1.807) is 6.08 Å². The SMILES string of the molecule is C=CCOc1ccc(C=C2SC(=Nc3cccc(Cl)c3C)NC2=O)cc1. The van der Waals surface area contributed by atoms with Gasteiger partial charge >= 0.3 is 0 Å². The highest BCUT2D eigenvalue weighted by molar-refractivity contribution is 8.18. The van der Waals surface area contributed by atoms with Crippen LogP contribution in [-0.2, 0) is 4.79 Å². The fraction of sp³-hybridized carbons (Fsp3) is 0.100. The summed E-state index contributed by atoms with van der Waals surface area (Å²) in [5.74, 6) is 0.592. The van der Waals surface area contributed by atoms with Crippen LogP contribution in [0.15, 0.2) is 65.0 Å². The van der Waals surface area contributed by atoms with Crippen molar-refractivity contribution in [3.8, 4) is 5.75 Å². The lowest BCUT2D eigenvalue weighted by Crippen LogP contribution is -2.19. The van der Waals surface area contributed by atoms with Crippen LogP contribution in [0, 0.1) is 6.92 Å². The lowest BCUT2D eigenvalue weighted by atomic mass is 10.2. The molecular formula is C20H17ClN2O2S. The van der Waals surface area contributed by atoms with Gasteiger partial charge in [-0.3, -0.25) is 4.79 Å². The molecule has 3 rings (SSSR count). The second-order valence-electron chi connectivity index (χ2n) is 5.53. The molecule has 4 nitrogen and oxygen atoms in total. The summed E-state index contributed by atoms with van der Waals surface area (Å²) in [5.41, 5.74) is 2.53. The molecule has 1 N–H and O–H groups in total. The Morgan fingerprint density at radius 3 is 2.77 bits per heavy atom. The number of benzene rings is 2. The molecule has 0 bridgehead atoms. The van der Waals surface area contributed by atoms with Gasteiger partial charge in [-0.2, -0.15) is 0 Å². The Labute approximate surface area is 161 Å². The van der Waals surface area contributed by atoms with Crippen LogP contribution in [-0.4, -0.2) is 17.7 Å². The van der Waals surface area contributed by atoms with Crippen LogP contribution >= 0.6 is 23.4 Å². The van der Waals surface area contributed by atoms with Crippen molar-refractivity contribution in [1.82, 2.24) is 5.32 Å². The minimum atomic E-state index is -0.166. The van der Waals surface area contributed by atoms with E-state index < -0.39 is 0 Å². The molecular weight excluding hydrogens is 368 g/mol. The molecule has 0 saturated carbocycles. The van der Waals surface area contributed by atoms with Crippen LogP contribution in [0.1, 0.15) is 11.1 Å². The number of carbonyl (C=O) groups excluding carboxylic acids is 1. The zero-order valence-corrected chi connectivity index (χ0v) is 15.7. The predicted molar refractivity (Wildman–Crippen MR) is 109 cm³/mol. The molecule has 0 unspecified atom stereocenters. The number of amidine groups is 1. The third-order valence-electron chi connectivity index (χ3n) is 3.66. The summed E-state index contributed by atoms with van der Waals surface area (Å²) in [6, 6.07) is 13.0. The van der Waals surface area contributed by atoms with E-state index in [4.69, 9.17) is 16.3 Å². The highest BCUT2D eigenvalue weighted by Gasteiger charge is 2.24. The van der Waals surface area contributed by atoms with Gasteiger partial charge in [0.25, 0.3) is 5.91 Å². The molecule has 0 aromatic heterocycles. The van der Waals surface area contributed by atoms with Gasteiger partial charge in [-0.1, -0.05) is 42.5 Å². The summed E-state index contributed by atoms with van der Waals surface area (Å²) in [5, 5.41) is 3.97. The number of carbonyl (C=O) groups is 1. The Balaban J connectivity index is 1.77. The van der Waals surface area contributed by atoms with Crippen LogP contribution in [0.25, 0.3) is 6.08 Å². The molecule has 1 amide bonds. The number of ether oxygens (including phenoxy) is 1. The van der Waals surface area contributed by atoms with Crippen LogP contribution in [0.3, 0.4) is 0 Å². The first-order valence-corrected chi connectivity index (χ1v) is 9.15. The van der Waals surface area contributed by atoms with Crippen molar-refractivity contribution in [2.45, 2.75) is 6.92 Å². The Kier molecular flexibility index (Phi) is 5.81. The number of nitrogens with one attached hydrogen (secondary N) is 1. The molecule has 6 heteroatoms. The van der Waals surface area contributed by atoms with Crippen LogP contribution in [0.2, 0.25) is 5.02 Å². The van der Waals surface area contributed by atoms with E-state index in [1.807, 2.05) is 55.5 Å². The normalized spacial score (nSPS) is 16.8. The van der Waals surface area contributed by atoms with Gasteiger partial charge in [-0.15, -0.1) is 0 Å². The van der Waals surface area contributed by atoms with Crippen LogP contribution in [0.5, 0.6) is 5.75 Å². The average Bonchev–Trinajstić information content (AvgIpc) is 2.97. The van der Waals surface area contributed by atoms with Gasteiger partial charge in [0.05, 0.1) is 10.6 Å². The lowest BCUT2D eigenvalue weighted by Gasteiger charge is -2.03. The van der Waals surface area contributed by atoms with Crippen molar-refractivity contribution >= 4 is 46.2 Å². The van der Waals surface area contributed by atoms with Crippen molar-refractivity contribution in [2.75, 3.05) is 6.61 Å². The maximum atomic E-state index is 12.2. The van der Waals surface area contributed by atoms with E-state index in [-0.39, 0.29) is 5.91 Å². The number of amides is 1. The maximum Gasteiger partial charge on any atom is 0.264 e. The van der Waals surface area contributed by atoms with Gasteiger partial charge in [-0.25, -0.2) is 4.99 Å². The number of nitrogens with zero attached hydrogens (tertiary/aromatic N) is 1. The maximum absolute atomic E-state index is 12.2. The van der Waals surface area contributed by atoms with E-state index in [0.29, 0.717) is 21.7 Å². The molecule has 26 heavy (non-hydrogen) atoms. The first-order chi connectivity index (χ1) is 12.6. The third-order valence-corrected chi connectivity index (χ3v) is 4.98. The van der Waals surface area contributed by atoms with Gasteiger partial charge in [0.15, 0.2) is 5.17 Å². The standard InChI is InChI=1S/C20H17ClN2O2S/c1-3-11-25-15-9-7-14(8-10-15)12-18-19(24)23-20(26-18)22-17-6-4-5-16(21)13(17)2/h3-10,12H,1,11H2,2H3,(H,22,23,24). The van der Waals surface area contributed by atoms with E-state index in [9.17, 15) is 4.79 Å². The lowest BCUT2D eigenvalue weighted by molar-refractivity contribution is -0.115. The first-order valence-electron chi connectivity index (χ1n) is 7.95. The van der Waals surface area contributed by atoms with Gasteiger partial charge < -0.3 is 10.1 Å². The number of aliphatic imine (C=N–C) groups is 1. The van der Waals surface area contributed by atoms with E-state index in [0.717, 1.165) is 22.6 Å². The topological polar surface area (TPSA) is 50.7 Å². The molecule has 1 aliphatic rings. The van der Waals surface area contributed by atoms with E-state index in [1.165, 1.54) is 11.8 Å². The quantitative estimate of drug-likeness (QED) is 0.576. The molecule has 1 fully saturated rings. The molecule has 2 aromatic rings. The van der Waals surface area contributed by atoms with Crippen LogP contribution in [0.4, 0.5) is 5.69 Å². The summed E-state index contributed by atoms with van der Waals surface area (Å²) in [7, 11) is 0. The average molecular weight is 385 g/mol. The molecule has 0 atom stereocenters. The Hall–Kier alpha value is -2.50. The largest absolute Gasteiger partial charge is 0.490 e. The van der Waals surface area contributed by atoms with Crippen molar-refractivity contribution in [1.29, 1.82) is 0 Å². The van der Waals surface area contributed by atoms with E-state index in [2.05, 4.69) is 16.9 Å². The summed E-state index contributed by atoms with van der Waals surface area (Å²) >= 11 is 7.42. The fourth-order valence-electron chi connectivity index (χ4n) is 2.27. The molecule has 1 aliphatic heterocycles. The molecule has 132 valence electrons. The number of thioether (sulfide) groups is 1. The molecule has 0 spiro atoms. The molecule has 0 radical (unpaired) electrons. The smallest absolute Gasteiger partial charge is 0.264 e. The minimum absolute atomic E-state index is 0.166. The van der Waals surface area contributed by atoms with E-state index >= 15 is 0 Å². The van der Waals surface area contributed by atoms with Crippen molar-refractivity contribution in [3.63, 3.8) is 0 Å². The zero-order chi connectivity index (χ0) is 18.5. The Morgan fingerprint density at radius 1 is 1.27 bits per heavy atom. The summed E-state index contributed by atoms with van der Waals surface area (Å²) < 4.78 is 5.45. The highest BCUT2D eigenvalue weighted by Crippen LogP contribution is 2.31. The summed E-state index contributed by atoms with van der Waals surface area (Å²) in [6.45, 7) is 5.98. The predicted octanol–water partition coefficient (Wildman–Crippen LogP) is 5.10. The monoisotopic (exact) mass is 384 g/mol. The Morgan fingerprint density at radius 2 is 2.04 bits per heavy atom. The zero-order valence-electron chi connectivity index (χ0n) is 14.2. The van der Waals surface area contributed by atoms with Gasteiger partial charge in [0, 0.05) is 5.02 Å². The first kappa shape index (κ1) is 18.3. The van der Waals surface area contributed by atoms with Crippen molar-refractivity contribution < 1.29 is 9.53 Å². The molecule has 2 aromatic carbocycles. The Bertz CT molecular complexity index is 905. The molecule has 0 aliphatic carbocycles. The number of rotatable bonds is 5. The number of hydrogen-bond acceptors (Lipinski definition) is 4. The minimum Gasteiger partial charge on any atom is -0.490 e. The third kappa shape index (κ3) is 4.36. The number of hydrogen-bond donors (Lipinski definition) is 1. The number of halogens is 1. The molecule has 1 heterocycles. The highest BCUT2D eigenvalue weighted by atomic mass is 35.5.